The molecule has 24 heavy (non-hydrogen) atoms. The van der Waals surface area contributed by atoms with Crippen LogP contribution in [0.2, 0.25) is 0 Å². The molecule has 0 saturated carbocycles. The van der Waals surface area contributed by atoms with Crippen LogP contribution in [-0.4, -0.2) is 74.1 Å². The molecule has 2 aromatic rings. The maximum atomic E-state index is 12.6. The predicted molar refractivity (Wildman–Crippen MR) is 83.9 cm³/mol. The summed E-state index contributed by atoms with van der Waals surface area (Å²) in [5, 5.41) is 6.37. The third-order valence-corrected chi connectivity index (χ3v) is 5.44. The van der Waals surface area contributed by atoms with E-state index in [1.54, 1.807) is 14.1 Å². The van der Waals surface area contributed by atoms with Crippen molar-refractivity contribution in [3.05, 3.63) is 23.9 Å². The second-order valence-corrected chi connectivity index (χ2v) is 7.36. The van der Waals surface area contributed by atoms with Crippen molar-refractivity contribution in [3.63, 3.8) is 0 Å². The van der Waals surface area contributed by atoms with Crippen molar-refractivity contribution in [1.82, 2.24) is 19.4 Å². The lowest BCUT2D eigenvalue weighted by molar-refractivity contribution is 0.0724. The number of carbonyl (C=O) groups is 1. The van der Waals surface area contributed by atoms with Crippen LogP contribution in [0.25, 0.3) is 11.5 Å². The van der Waals surface area contributed by atoms with Crippen molar-refractivity contribution in [2.24, 2.45) is 0 Å². The molecular weight excluding hydrogens is 336 g/mol. The highest BCUT2D eigenvalue weighted by Gasteiger charge is 2.30. The lowest BCUT2D eigenvalue weighted by Crippen LogP contribution is -2.40. The quantitative estimate of drug-likeness (QED) is 0.851. The molecule has 0 aliphatic carbocycles. The number of nitrogens with one attached hydrogen (secondary N) is 1. The largest absolute Gasteiger partial charge is 0.442 e. The molecule has 0 unspecified atom stereocenters. The number of ether oxygens (including phenoxy) is 1. The Morgan fingerprint density at radius 1 is 1.29 bits per heavy atom. The number of morpholine rings is 1. The van der Waals surface area contributed by atoms with Gasteiger partial charge in [0.05, 0.1) is 25.0 Å². The highest BCUT2D eigenvalue weighted by atomic mass is 32.2. The fraction of sp³-hybridized carbons (Fsp3) is 0.429. The van der Waals surface area contributed by atoms with Gasteiger partial charge < -0.3 is 14.1 Å². The summed E-state index contributed by atoms with van der Waals surface area (Å²) in [5.74, 6) is -0.0164. The number of aromatic nitrogens is 2. The van der Waals surface area contributed by atoms with Crippen molar-refractivity contribution in [2.75, 3.05) is 40.4 Å². The van der Waals surface area contributed by atoms with Crippen LogP contribution in [0.3, 0.4) is 0 Å². The van der Waals surface area contributed by atoms with Crippen molar-refractivity contribution >= 4 is 15.9 Å². The minimum absolute atomic E-state index is 0.169. The Morgan fingerprint density at radius 2 is 2.00 bits per heavy atom. The minimum atomic E-state index is -3.72. The van der Waals surface area contributed by atoms with Gasteiger partial charge in [-0.25, -0.2) is 8.42 Å². The number of rotatable bonds is 4. The Bertz CT molecular complexity index is 833. The van der Waals surface area contributed by atoms with Gasteiger partial charge in [-0.1, -0.05) is 0 Å². The normalized spacial score (nSPS) is 16.2. The molecule has 3 rings (SSSR count). The molecule has 1 aliphatic heterocycles. The Hall–Kier alpha value is -2.17. The van der Waals surface area contributed by atoms with Gasteiger partial charge >= 0.3 is 0 Å². The van der Waals surface area contributed by atoms with Crippen LogP contribution in [0.5, 0.6) is 0 Å². The second kappa shape index (κ2) is 6.38. The standard InChI is InChI=1S/C14H18N4O5S/c1-17(2)14(19)10-9-15-16-13(10)11-3-4-12(23-11)24(20,21)18-5-7-22-8-6-18/h3-4,9H,5-8H2,1-2H3,(H,15,16). The molecule has 0 spiro atoms. The molecule has 0 aromatic carbocycles. The van der Waals surface area contributed by atoms with Crippen molar-refractivity contribution in [3.8, 4) is 11.5 Å². The first-order chi connectivity index (χ1) is 11.4. The van der Waals surface area contributed by atoms with Gasteiger partial charge in [-0.05, 0) is 12.1 Å². The van der Waals surface area contributed by atoms with Gasteiger partial charge in [-0.2, -0.15) is 9.40 Å². The van der Waals surface area contributed by atoms with E-state index in [4.69, 9.17) is 9.15 Å². The van der Waals surface area contributed by atoms with E-state index in [0.29, 0.717) is 24.5 Å². The molecule has 3 heterocycles. The van der Waals surface area contributed by atoms with E-state index in [9.17, 15) is 13.2 Å². The van der Waals surface area contributed by atoms with Gasteiger partial charge in [-0.15, -0.1) is 0 Å². The van der Waals surface area contributed by atoms with Crippen LogP contribution >= 0.6 is 0 Å². The maximum Gasteiger partial charge on any atom is 0.276 e. The number of aromatic amines is 1. The second-order valence-electron chi connectivity index (χ2n) is 5.49. The van der Waals surface area contributed by atoms with E-state index in [0.717, 1.165) is 0 Å². The topological polar surface area (TPSA) is 109 Å². The third kappa shape index (κ3) is 2.95. The summed E-state index contributed by atoms with van der Waals surface area (Å²) in [6, 6.07) is 2.89. The molecule has 9 nitrogen and oxygen atoms in total. The lowest BCUT2D eigenvalue weighted by atomic mass is 10.2. The molecule has 1 fully saturated rings. The SMILES string of the molecule is CN(C)C(=O)c1cn[nH]c1-c1ccc(S(=O)(=O)N2CCOCC2)o1. The zero-order valence-corrected chi connectivity index (χ0v) is 14.2. The molecule has 1 aliphatic rings. The Labute approximate surface area is 139 Å². The van der Waals surface area contributed by atoms with Gasteiger partial charge in [0.1, 0.15) is 5.69 Å². The van der Waals surface area contributed by atoms with E-state index in [2.05, 4.69) is 10.2 Å². The average Bonchev–Trinajstić information content (AvgIpc) is 3.23. The van der Waals surface area contributed by atoms with Crippen molar-refractivity contribution in [1.29, 1.82) is 0 Å². The zero-order valence-electron chi connectivity index (χ0n) is 13.4. The zero-order chi connectivity index (χ0) is 17.3. The van der Waals surface area contributed by atoms with Crippen LogP contribution < -0.4 is 0 Å². The first kappa shape index (κ1) is 16.7. The van der Waals surface area contributed by atoms with Crippen LogP contribution in [0, 0.1) is 0 Å². The summed E-state index contributed by atoms with van der Waals surface area (Å²) >= 11 is 0. The highest BCUT2D eigenvalue weighted by Crippen LogP contribution is 2.28. The molecular formula is C14H18N4O5S. The number of hydrogen-bond donors (Lipinski definition) is 1. The van der Waals surface area contributed by atoms with Crippen molar-refractivity contribution in [2.45, 2.75) is 5.09 Å². The maximum absolute atomic E-state index is 12.6. The molecule has 1 N–H and O–H groups in total. The van der Waals surface area contributed by atoms with Crippen LogP contribution in [0.1, 0.15) is 10.4 Å². The molecule has 130 valence electrons. The smallest absolute Gasteiger partial charge is 0.276 e. The summed E-state index contributed by atoms with van der Waals surface area (Å²) in [6.07, 6.45) is 1.39. The minimum Gasteiger partial charge on any atom is -0.442 e. The van der Waals surface area contributed by atoms with E-state index in [1.165, 1.54) is 27.5 Å². The van der Waals surface area contributed by atoms with Crippen LogP contribution in [-0.2, 0) is 14.8 Å². The number of nitrogens with zero attached hydrogens (tertiary/aromatic N) is 3. The molecule has 2 aromatic heterocycles. The molecule has 0 atom stereocenters. The first-order valence-corrected chi connectivity index (χ1v) is 8.78. The highest BCUT2D eigenvalue weighted by molar-refractivity contribution is 7.89. The molecule has 0 bridgehead atoms. The average molecular weight is 354 g/mol. The summed E-state index contributed by atoms with van der Waals surface area (Å²) in [4.78, 5) is 13.5. The summed E-state index contributed by atoms with van der Waals surface area (Å²) in [7, 11) is -0.483. The number of furan rings is 1. The van der Waals surface area contributed by atoms with E-state index in [-0.39, 0.29) is 29.8 Å². The van der Waals surface area contributed by atoms with Crippen LogP contribution in [0.15, 0.2) is 27.8 Å². The Morgan fingerprint density at radius 3 is 2.67 bits per heavy atom. The molecule has 10 heteroatoms. The summed E-state index contributed by atoms with van der Waals surface area (Å²) < 4.78 is 37.1. The van der Waals surface area contributed by atoms with Crippen LogP contribution in [0.4, 0.5) is 0 Å². The molecule has 0 radical (unpaired) electrons. The number of carbonyl (C=O) groups excluding carboxylic acids is 1. The summed E-state index contributed by atoms with van der Waals surface area (Å²) in [6.45, 7) is 1.28. The van der Waals surface area contributed by atoms with E-state index >= 15 is 0 Å². The molecule has 1 saturated heterocycles. The van der Waals surface area contributed by atoms with E-state index in [1.807, 2.05) is 0 Å². The predicted octanol–water partition coefficient (Wildman–Crippen LogP) is 0.392. The first-order valence-electron chi connectivity index (χ1n) is 7.34. The van der Waals surface area contributed by atoms with Gasteiger partial charge in [0.25, 0.3) is 15.9 Å². The van der Waals surface area contributed by atoms with Gasteiger partial charge in [-0.3, -0.25) is 9.89 Å². The van der Waals surface area contributed by atoms with Gasteiger partial charge in [0.15, 0.2) is 5.76 Å². The lowest BCUT2D eigenvalue weighted by Gasteiger charge is -2.24. The van der Waals surface area contributed by atoms with E-state index < -0.39 is 10.0 Å². The van der Waals surface area contributed by atoms with Crippen molar-refractivity contribution < 1.29 is 22.4 Å². The molecule has 1 amide bonds. The fourth-order valence-corrected chi connectivity index (χ4v) is 3.70. The van der Waals surface area contributed by atoms with Gasteiger partial charge in [0, 0.05) is 27.2 Å². The van der Waals surface area contributed by atoms with Gasteiger partial charge in [0.2, 0.25) is 5.09 Å². The monoisotopic (exact) mass is 354 g/mol. The number of H-pyrrole nitrogens is 1. The fourth-order valence-electron chi connectivity index (χ4n) is 2.38. The number of hydrogen-bond acceptors (Lipinski definition) is 6. The Balaban J connectivity index is 1.92. The Kier molecular flexibility index (Phi) is 4.43. The number of amides is 1. The third-order valence-electron chi connectivity index (χ3n) is 3.67. The number of sulfonamides is 1. The summed E-state index contributed by atoms with van der Waals surface area (Å²) in [5.41, 5.74) is 0.654.